The van der Waals surface area contributed by atoms with E-state index in [0.29, 0.717) is 13.0 Å². The van der Waals surface area contributed by atoms with E-state index in [-0.39, 0.29) is 24.5 Å². The summed E-state index contributed by atoms with van der Waals surface area (Å²) in [5.41, 5.74) is 0.952. The zero-order chi connectivity index (χ0) is 17.4. The summed E-state index contributed by atoms with van der Waals surface area (Å²) in [5, 5.41) is 2.90. The van der Waals surface area contributed by atoms with Crippen LogP contribution in [0, 0.1) is 5.92 Å². The van der Waals surface area contributed by atoms with E-state index in [2.05, 4.69) is 10.2 Å². The Morgan fingerprint density at radius 3 is 2.67 bits per heavy atom. The van der Waals surface area contributed by atoms with Crippen molar-refractivity contribution in [3.63, 3.8) is 0 Å². The van der Waals surface area contributed by atoms with Gasteiger partial charge >= 0.3 is 12.1 Å². The first-order chi connectivity index (χ1) is 11.6. The topological polar surface area (TPSA) is 67.9 Å². The Bertz CT molecular complexity index is 535. The van der Waals surface area contributed by atoms with E-state index in [1.54, 1.807) is 6.92 Å². The van der Waals surface area contributed by atoms with Gasteiger partial charge < -0.3 is 19.7 Å². The summed E-state index contributed by atoms with van der Waals surface area (Å²) in [6, 6.07) is 9.55. The molecule has 1 aromatic carbocycles. The van der Waals surface area contributed by atoms with Crippen LogP contribution < -0.4 is 5.32 Å². The van der Waals surface area contributed by atoms with E-state index in [4.69, 9.17) is 9.47 Å². The number of hydrogen-bond donors (Lipinski definition) is 1. The highest BCUT2D eigenvalue weighted by molar-refractivity contribution is 5.70. The van der Waals surface area contributed by atoms with Crippen LogP contribution >= 0.6 is 0 Å². The molecule has 6 heteroatoms. The molecule has 1 N–H and O–H groups in total. The molecule has 1 heterocycles. The third-order valence-electron chi connectivity index (χ3n) is 4.02. The zero-order valence-corrected chi connectivity index (χ0v) is 14.4. The number of amides is 1. The van der Waals surface area contributed by atoms with Gasteiger partial charge in [-0.2, -0.15) is 0 Å². The van der Waals surface area contributed by atoms with Gasteiger partial charge in [-0.15, -0.1) is 0 Å². The van der Waals surface area contributed by atoms with Gasteiger partial charge in [0.05, 0.1) is 6.61 Å². The normalized spacial score (nSPS) is 21.1. The van der Waals surface area contributed by atoms with Crippen LogP contribution in [0.5, 0.6) is 0 Å². The maximum Gasteiger partial charge on any atom is 0.407 e. The molecule has 0 aliphatic carbocycles. The van der Waals surface area contributed by atoms with Crippen molar-refractivity contribution in [2.24, 2.45) is 5.92 Å². The SMILES string of the molecule is CCOC(=O)CC1CC(NC(=O)OCc2ccccc2)CN(C)C1. The number of alkyl carbamates (subject to hydrolysis) is 1. The number of nitrogens with one attached hydrogen (secondary N) is 1. The molecule has 1 fully saturated rings. The van der Waals surface area contributed by atoms with Crippen molar-refractivity contribution in [2.75, 3.05) is 26.7 Å². The summed E-state index contributed by atoms with van der Waals surface area (Å²) in [6.07, 6.45) is 0.716. The summed E-state index contributed by atoms with van der Waals surface area (Å²) in [5.74, 6) is 0.00503. The second kappa shape index (κ2) is 9.27. The molecular weight excluding hydrogens is 308 g/mol. The molecule has 0 radical (unpaired) electrons. The van der Waals surface area contributed by atoms with Crippen LogP contribution in [0.15, 0.2) is 30.3 Å². The number of likely N-dealkylation sites (tertiary alicyclic amines) is 1. The third-order valence-corrected chi connectivity index (χ3v) is 4.02. The molecule has 1 aliphatic heterocycles. The predicted octanol–water partition coefficient (Wildman–Crippen LogP) is 2.19. The fourth-order valence-electron chi connectivity index (χ4n) is 3.08. The van der Waals surface area contributed by atoms with Crippen molar-refractivity contribution >= 4 is 12.1 Å². The zero-order valence-electron chi connectivity index (χ0n) is 14.4. The molecule has 1 saturated heterocycles. The molecule has 0 aromatic heterocycles. The van der Waals surface area contributed by atoms with Crippen molar-refractivity contribution in [3.8, 4) is 0 Å². The number of carbonyl (C=O) groups is 2. The van der Waals surface area contributed by atoms with Crippen LogP contribution in [0.2, 0.25) is 0 Å². The molecule has 6 nitrogen and oxygen atoms in total. The van der Waals surface area contributed by atoms with Gasteiger partial charge in [0.15, 0.2) is 0 Å². The molecule has 24 heavy (non-hydrogen) atoms. The highest BCUT2D eigenvalue weighted by Gasteiger charge is 2.28. The average molecular weight is 334 g/mol. The summed E-state index contributed by atoms with van der Waals surface area (Å²) >= 11 is 0. The van der Waals surface area contributed by atoms with Crippen LogP contribution in [0.4, 0.5) is 4.79 Å². The average Bonchev–Trinajstić information content (AvgIpc) is 2.53. The van der Waals surface area contributed by atoms with Gasteiger partial charge in [-0.25, -0.2) is 4.79 Å². The van der Waals surface area contributed by atoms with E-state index in [1.165, 1.54) is 0 Å². The van der Waals surface area contributed by atoms with Crippen molar-refractivity contribution in [3.05, 3.63) is 35.9 Å². The minimum Gasteiger partial charge on any atom is -0.466 e. The molecule has 2 rings (SSSR count). The Morgan fingerprint density at radius 1 is 1.21 bits per heavy atom. The lowest BCUT2D eigenvalue weighted by Crippen LogP contribution is -2.49. The lowest BCUT2D eigenvalue weighted by atomic mass is 9.92. The number of piperidine rings is 1. The van der Waals surface area contributed by atoms with Gasteiger partial charge in [0.25, 0.3) is 0 Å². The smallest absolute Gasteiger partial charge is 0.407 e. The molecular formula is C18H26N2O4. The number of esters is 1. The number of benzene rings is 1. The maximum absolute atomic E-state index is 12.0. The molecule has 1 aliphatic rings. The van der Waals surface area contributed by atoms with Crippen molar-refractivity contribution < 1.29 is 19.1 Å². The Labute approximate surface area is 143 Å². The fraction of sp³-hybridized carbons (Fsp3) is 0.556. The Balaban J connectivity index is 1.77. The number of rotatable bonds is 6. The lowest BCUT2D eigenvalue weighted by molar-refractivity contribution is -0.144. The van der Waals surface area contributed by atoms with Crippen LogP contribution in [0.25, 0.3) is 0 Å². The summed E-state index contributed by atoms with van der Waals surface area (Å²) in [4.78, 5) is 25.8. The first kappa shape index (κ1) is 18.3. The number of hydrogen-bond acceptors (Lipinski definition) is 5. The summed E-state index contributed by atoms with van der Waals surface area (Å²) < 4.78 is 10.3. The second-order valence-electron chi connectivity index (χ2n) is 6.24. The molecule has 132 valence electrons. The lowest BCUT2D eigenvalue weighted by Gasteiger charge is -2.35. The largest absolute Gasteiger partial charge is 0.466 e. The molecule has 1 aromatic rings. The summed E-state index contributed by atoms with van der Waals surface area (Å²) in [6.45, 7) is 4.03. The van der Waals surface area contributed by atoms with Crippen molar-refractivity contribution in [2.45, 2.75) is 32.4 Å². The standard InChI is InChI=1S/C18H26N2O4/c1-3-23-17(21)10-15-9-16(12-20(2)11-15)19-18(22)24-13-14-7-5-4-6-8-14/h4-8,15-16H,3,9-13H2,1-2H3,(H,19,22). The van der Waals surface area contributed by atoms with E-state index in [1.807, 2.05) is 37.4 Å². The first-order valence-electron chi connectivity index (χ1n) is 8.38. The fourth-order valence-corrected chi connectivity index (χ4v) is 3.08. The van der Waals surface area contributed by atoms with Crippen LogP contribution in [-0.2, 0) is 20.9 Å². The summed E-state index contributed by atoms with van der Waals surface area (Å²) in [7, 11) is 1.99. The van der Waals surface area contributed by atoms with Gasteiger partial charge in [0.1, 0.15) is 6.61 Å². The maximum atomic E-state index is 12.0. The Hall–Kier alpha value is -2.08. The van der Waals surface area contributed by atoms with Crippen LogP contribution in [-0.4, -0.2) is 49.7 Å². The minimum atomic E-state index is -0.422. The number of likely N-dealkylation sites (N-methyl/N-ethyl adjacent to an activating group) is 1. The van der Waals surface area contributed by atoms with E-state index in [9.17, 15) is 9.59 Å². The molecule has 2 unspecified atom stereocenters. The first-order valence-corrected chi connectivity index (χ1v) is 8.38. The van der Waals surface area contributed by atoms with Gasteiger partial charge in [-0.3, -0.25) is 4.79 Å². The van der Waals surface area contributed by atoms with E-state index >= 15 is 0 Å². The molecule has 0 bridgehead atoms. The molecule has 2 atom stereocenters. The number of ether oxygens (including phenoxy) is 2. The monoisotopic (exact) mass is 334 g/mol. The minimum absolute atomic E-state index is 0.0218. The molecule has 0 spiro atoms. The Morgan fingerprint density at radius 2 is 1.96 bits per heavy atom. The van der Waals surface area contributed by atoms with Gasteiger partial charge in [-0.05, 0) is 31.9 Å². The third kappa shape index (κ3) is 6.20. The number of nitrogens with zero attached hydrogens (tertiary/aromatic N) is 1. The Kier molecular flexibility index (Phi) is 7.06. The van der Waals surface area contributed by atoms with E-state index in [0.717, 1.165) is 25.1 Å². The van der Waals surface area contributed by atoms with Crippen LogP contribution in [0.1, 0.15) is 25.3 Å². The molecule has 1 amide bonds. The van der Waals surface area contributed by atoms with Gasteiger partial charge in [-0.1, -0.05) is 30.3 Å². The van der Waals surface area contributed by atoms with Crippen molar-refractivity contribution in [1.82, 2.24) is 10.2 Å². The van der Waals surface area contributed by atoms with Gasteiger partial charge in [0.2, 0.25) is 0 Å². The highest BCUT2D eigenvalue weighted by atomic mass is 16.5. The molecule has 0 saturated carbocycles. The predicted molar refractivity (Wildman–Crippen MR) is 90.4 cm³/mol. The van der Waals surface area contributed by atoms with Crippen molar-refractivity contribution in [1.29, 1.82) is 0 Å². The van der Waals surface area contributed by atoms with E-state index < -0.39 is 6.09 Å². The second-order valence-corrected chi connectivity index (χ2v) is 6.24. The van der Waals surface area contributed by atoms with Gasteiger partial charge in [0, 0.05) is 25.6 Å². The quantitative estimate of drug-likeness (QED) is 0.808. The highest BCUT2D eigenvalue weighted by Crippen LogP contribution is 2.20. The number of carbonyl (C=O) groups excluding carboxylic acids is 2. The van der Waals surface area contributed by atoms with Crippen LogP contribution in [0.3, 0.4) is 0 Å².